The van der Waals surface area contributed by atoms with Gasteiger partial charge in [-0.25, -0.2) is 13.4 Å². The standard InChI is InChI=1S/C22H23N3O4S2/c1-16-20(31(27,28)25-11-4-5-12-25)14-19(29-16)22(26)24-18-8-6-7-17(13-18)15-30-21-9-2-3-10-23-21/h2-3,6-10,13-14H,4-5,11-12,15H2,1H3,(H,24,26). The van der Waals surface area contributed by atoms with Crippen molar-refractivity contribution in [3.05, 3.63) is 71.8 Å². The fourth-order valence-corrected chi connectivity index (χ4v) is 5.90. The Kier molecular flexibility index (Phi) is 6.45. The van der Waals surface area contributed by atoms with Gasteiger partial charge in [0.2, 0.25) is 10.0 Å². The van der Waals surface area contributed by atoms with E-state index >= 15 is 0 Å². The molecule has 31 heavy (non-hydrogen) atoms. The topological polar surface area (TPSA) is 92.5 Å². The summed E-state index contributed by atoms with van der Waals surface area (Å²) in [5.74, 6) is 0.417. The first-order valence-electron chi connectivity index (χ1n) is 9.98. The van der Waals surface area contributed by atoms with Gasteiger partial charge in [-0.3, -0.25) is 4.79 Å². The smallest absolute Gasteiger partial charge is 0.291 e. The molecule has 3 heterocycles. The number of anilines is 1. The summed E-state index contributed by atoms with van der Waals surface area (Å²) in [6.45, 7) is 2.56. The number of rotatable bonds is 7. The minimum atomic E-state index is -3.64. The number of thioether (sulfide) groups is 1. The van der Waals surface area contributed by atoms with Crippen LogP contribution in [0, 0.1) is 6.92 Å². The number of carbonyl (C=O) groups excluding carboxylic acids is 1. The minimum absolute atomic E-state index is 0.0245. The van der Waals surface area contributed by atoms with Crippen LogP contribution < -0.4 is 5.32 Å². The minimum Gasteiger partial charge on any atom is -0.455 e. The first-order chi connectivity index (χ1) is 14.9. The molecular formula is C22H23N3O4S2. The van der Waals surface area contributed by atoms with Gasteiger partial charge in [0, 0.05) is 36.8 Å². The third-order valence-corrected chi connectivity index (χ3v) is 8.01. The second kappa shape index (κ2) is 9.25. The number of carbonyl (C=O) groups is 1. The van der Waals surface area contributed by atoms with Gasteiger partial charge < -0.3 is 9.73 Å². The molecule has 1 N–H and O–H groups in total. The largest absolute Gasteiger partial charge is 0.455 e. The Balaban J connectivity index is 1.45. The van der Waals surface area contributed by atoms with Gasteiger partial charge in [0.1, 0.15) is 10.7 Å². The third kappa shape index (κ3) is 5.00. The zero-order valence-electron chi connectivity index (χ0n) is 17.1. The molecule has 162 valence electrons. The number of furan rings is 1. The van der Waals surface area contributed by atoms with Gasteiger partial charge in [-0.2, -0.15) is 4.31 Å². The van der Waals surface area contributed by atoms with Crippen LogP contribution in [0.2, 0.25) is 0 Å². The Bertz CT molecular complexity index is 1170. The van der Waals surface area contributed by atoms with Gasteiger partial charge >= 0.3 is 0 Å². The van der Waals surface area contributed by atoms with Crippen LogP contribution in [0.1, 0.15) is 34.7 Å². The van der Waals surface area contributed by atoms with Crippen LogP contribution in [0.5, 0.6) is 0 Å². The summed E-state index contributed by atoms with van der Waals surface area (Å²) in [6, 6.07) is 14.6. The van der Waals surface area contributed by atoms with Crippen LogP contribution >= 0.6 is 11.8 Å². The highest BCUT2D eigenvalue weighted by Gasteiger charge is 2.31. The Hall–Kier alpha value is -2.62. The number of pyridine rings is 1. The number of sulfonamides is 1. The maximum Gasteiger partial charge on any atom is 0.291 e. The first-order valence-corrected chi connectivity index (χ1v) is 12.4. The molecule has 1 amide bonds. The predicted octanol–water partition coefficient (Wildman–Crippen LogP) is 4.31. The van der Waals surface area contributed by atoms with Crippen molar-refractivity contribution in [3.8, 4) is 0 Å². The van der Waals surface area contributed by atoms with Crippen LogP contribution in [0.15, 0.2) is 69.1 Å². The second-order valence-electron chi connectivity index (χ2n) is 7.25. The van der Waals surface area contributed by atoms with Gasteiger partial charge in [0.05, 0.1) is 5.03 Å². The van der Waals surface area contributed by atoms with E-state index in [-0.39, 0.29) is 16.4 Å². The van der Waals surface area contributed by atoms with E-state index < -0.39 is 15.9 Å². The summed E-state index contributed by atoms with van der Waals surface area (Å²) < 4.78 is 32.6. The van der Waals surface area contributed by atoms with E-state index in [0.29, 0.717) is 24.5 Å². The molecule has 0 aliphatic carbocycles. The fraction of sp³-hybridized carbons (Fsp3) is 0.273. The number of aryl methyl sites for hydroxylation is 1. The monoisotopic (exact) mass is 457 g/mol. The zero-order chi connectivity index (χ0) is 21.8. The van der Waals surface area contributed by atoms with Gasteiger partial charge in [-0.15, -0.1) is 11.8 Å². The first kappa shape index (κ1) is 21.6. The molecule has 0 unspecified atom stereocenters. The van der Waals surface area contributed by atoms with Crippen molar-refractivity contribution >= 4 is 33.4 Å². The zero-order valence-corrected chi connectivity index (χ0v) is 18.7. The Morgan fingerprint density at radius 1 is 1.16 bits per heavy atom. The number of benzene rings is 1. The molecule has 1 fully saturated rings. The number of nitrogens with one attached hydrogen (secondary N) is 1. The maximum absolute atomic E-state index is 12.8. The molecule has 7 nitrogen and oxygen atoms in total. The van der Waals surface area contributed by atoms with Crippen LogP contribution in [-0.4, -0.2) is 36.7 Å². The van der Waals surface area contributed by atoms with Crippen LogP contribution in [0.3, 0.4) is 0 Å². The molecule has 4 rings (SSSR count). The Morgan fingerprint density at radius 3 is 2.71 bits per heavy atom. The fourth-order valence-electron chi connectivity index (χ4n) is 3.42. The molecule has 1 saturated heterocycles. The predicted molar refractivity (Wildman–Crippen MR) is 120 cm³/mol. The lowest BCUT2D eigenvalue weighted by molar-refractivity contribution is 0.0995. The van der Waals surface area contributed by atoms with E-state index in [1.165, 1.54) is 10.4 Å². The van der Waals surface area contributed by atoms with E-state index in [4.69, 9.17) is 4.42 Å². The lowest BCUT2D eigenvalue weighted by Crippen LogP contribution is -2.28. The third-order valence-electron chi connectivity index (χ3n) is 4.99. The SMILES string of the molecule is Cc1oc(C(=O)Nc2cccc(CSc3ccccn3)c2)cc1S(=O)(=O)N1CCCC1. The van der Waals surface area contributed by atoms with E-state index in [1.807, 2.05) is 36.4 Å². The van der Waals surface area contributed by atoms with Crippen molar-refractivity contribution < 1.29 is 17.6 Å². The summed E-state index contributed by atoms with van der Waals surface area (Å²) in [5, 5.41) is 3.72. The van der Waals surface area contributed by atoms with Crippen molar-refractivity contribution in [3.63, 3.8) is 0 Å². The molecule has 1 aromatic carbocycles. The van der Waals surface area contributed by atoms with Crippen molar-refractivity contribution in [1.29, 1.82) is 0 Å². The molecule has 9 heteroatoms. The summed E-state index contributed by atoms with van der Waals surface area (Å²) in [7, 11) is -3.64. The second-order valence-corrected chi connectivity index (χ2v) is 10.2. The van der Waals surface area contributed by atoms with Crippen molar-refractivity contribution in [2.24, 2.45) is 0 Å². The quantitative estimate of drug-likeness (QED) is 0.532. The molecule has 0 saturated carbocycles. The molecule has 1 aliphatic heterocycles. The summed E-state index contributed by atoms with van der Waals surface area (Å²) >= 11 is 1.60. The number of aromatic nitrogens is 1. The van der Waals surface area contributed by atoms with Gasteiger partial charge in [-0.1, -0.05) is 18.2 Å². The molecule has 3 aromatic rings. The summed E-state index contributed by atoms with van der Waals surface area (Å²) in [4.78, 5) is 17.0. The molecule has 1 aliphatic rings. The Morgan fingerprint density at radius 2 is 1.97 bits per heavy atom. The number of nitrogens with zero attached hydrogens (tertiary/aromatic N) is 2. The van der Waals surface area contributed by atoms with Crippen molar-refractivity contribution in [1.82, 2.24) is 9.29 Å². The molecule has 0 spiro atoms. The number of amides is 1. The van der Waals surface area contributed by atoms with Crippen LogP contribution in [-0.2, 0) is 15.8 Å². The molecule has 0 atom stereocenters. The molecule has 2 aromatic heterocycles. The van der Waals surface area contributed by atoms with E-state index in [2.05, 4.69) is 10.3 Å². The number of hydrogen-bond acceptors (Lipinski definition) is 6. The highest BCUT2D eigenvalue weighted by Crippen LogP contribution is 2.27. The molecule has 0 radical (unpaired) electrons. The summed E-state index contributed by atoms with van der Waals surface area (Å²) in [6.07, 6.45) is 3.44. The van der Waals surface area contributed by atoms with Crippen molar-refractivity contribution in [2.75, 3.05) is 18.4 Å². The lowest BCUT2D eigenvalue weighted by Gasteiger charge is -2.14. The normalized spacial score (nSPS) is 14.6. The van der Waals surface area contributed by atoms with Gasteiger partial charge in [-0.05, 0) is 49.6 Å². The average Bonchev–Trinajstić information content (AvgIpc) is 3.44. The lowest BCUT2D eigenvalue weighted by atomic mass is 10.2. The number of hydrogen-bond donors (Lipinski definition) is 1. The van der Waals surface area contributed by atoms with Crippen molar-refractivity contribution in [2.45, 2.75) is 35.4 Å². The van der Waals surface area contributed by atoms with E-state index in [0.717, 1.165) is 23.4 Å². The highest BCUT2D eigenvalue weighted by molar-refractivity contribution is 7.98. The maximum atomic E-state index is 12.8. The van der Waals surface area contributed by atoms with Crippen LogP contribution in [0.25, 0.3) is 0 Å². The molecule has 0 bridgehead atoms. The van der Waals surface area contributed by atoms with Gasteiger partial charge in [0.25, 0.3) is 5.91 Å². The molecular weight excluding hydrogens is 434 g/mol. The Labute approximate surface area is 185 Å². The van der Waals surface area contributed by atoms with E-state index in [9.17, 15) is 13.2 Å². The summed E-state index contributed by atoms with van der Waals surface area (Å²) in [5.41, 5.74) is 1.64. The van der Waals surface area contributed by atoms with E-state index in [1.54, 1.807) is 30.9 Å². The highest BCUT2D eigenvalue weighted by atomic mass is 32.2. The van der Waals surface area contributed by atoms with Gasteiger partial charge in [0.15, 0.2) is 5.76 Å². The van der Waals surface area contributed by atoms with Crippen LogP contribution in [0.4, 0.5) is 5.69 Å². The average molecular weight is 458 g/mol.